The molecule has 0 atom stereocenters. The number of rotatable bonds is 6. The molecule has 3 rings (SSSR count). The lowest BCUT2D eigenvalue weighted by molar-refractivity contribution is 0.0735. The highest BCUT2D eigenvalue weighted by Gasteiger charge is 2.13. The third kappa shape index (κ3) is 3.89. The summed E-state index contributed by atoms with van der Waals surface area (Å²) in [7, 11) is 1.51. The predicted molar refractivity (Wildman–Crippen MR) is 102 cm³/mol. The van der Waals surface area contributed by atoms with Crippen molar-refractivity contribution in [2.24, 2.45) is 5.10 Å². The lowest BCUT2D eigenvalue weighted by Crippen LogP contribution is -2.07. The largest absolute Gasteiger partial charge is 0.493 e. The molecule has 0 saturated heterocycles. The third-order valence-corrected chi connectivity index (χ3v) is 4.58. The van der Waals surface area contributed by atoms with Gasteiger partial charge < -0.3 is 9.47 Å². The number of methoxy groups -OCH3 is 1. The fraction of sp³-hybridized carbons (Fsp3) is 0.176. The van der Waals surface area contributed by atoms with Crippen LogP contribution in [-0.2, 0) is 6.42 Å². The fourth-order valence-electron chi connectivity index (χ4n) is 2.19. The standard InChI is InChI=1S/C17H16N4O3S2/c1-3-15-19-20-17(25)21(15)18-10-11-6-7-12(13(9-11)23-2)24-16(22)14-5-4-8-26-14/h4-10H,3H2,1-2H3,(H,20,25)/b18-10+. The van der Waals surface area contributed by atoms with Gasteiger partial charge in [-0.2, -0.15) is 14.9 Å². The molecule has 0 aliphatic heterocycles. The first-order valence-electron chi connectivity index (χ1n) is 7.76. The zero-order valence-electron chi connectivity index (χ0n) is 14.1. The van der Waals surface area contributed by atoms with Gasteiger partial charge in [-0.3, -0.25) is 5.10 Å². The Bertz CT molecular complexity index is 990. The van der Waals surface area contributed by atoms with E-state index in [-0.39, 0.29) is 0 Å². The maximum atomic E-state index is 12.1. The minimum atomic E-state index is -0.419. The molecule has 9 heteroatoms. The van der Waals surface area contributed by atoms with Crippen LogP contribution < -0.4 is 9.47 Å². The molecule has 0 radical (unpaired) electrons. The molecule has 2 heterocycles. The normalized spacial score (nSPS) is 11.0. The summed E-state index contributed by atoms with van der Waals surface area (Å²) in [5.74, 6) is 1.10. The molecule has 3 aromatic rings. The smallest absolute Gasteiger partial charge is 0.353 e. The number of aryl methyl sites for hydroxylation is 1. The number of carbonyl (C=O) groups is 1. The molecule has 0 amide bonds. The molecule has 2 aromatic heterocycles. The number of ether oxygens (including phenoxy) is 2. The van der Waals surface area contributed by atoms with Gasteiger partial charge in [-0.25, -0.2) is 4.79 Å². The zero-order chi connectivity index (χ0) is 18.5. The molecule has 0 aliphatic carbocycles. The van der Waals surface area contributed by atoms with Crippen LogP contribution in [0, 0.1) is 4.77 Å². The van der Waals surface area contributed by atoms with Crippen LogP contribution in [0.25, 0.3) is 0 Å². The van der Waals surface area contributed by atoms with Crippen molar-refractivity contribution in [1.82, 2.24) is 14.9 Å². The summed E-state index contributed by atoms with van der Waals surface area (Å²) in [6, 6.07) is 8.68. The lowest BCUT2D eigenvalue weighted by Gasteiger charge is -2.09. The molecule has 0 bridgehead atoms. The molecule has 7 nitrogen and oxygen atoms in total. The van der Waals surface area contributed by atoms with Gasteiger partial charge in [-0.15, -0.1) is 11.3 Å². The molecule has 0 unspecified atom stereocenters. The van der Waals surface area contributed by atoms with Crippen LogP contribution >= 0.6 is 23.6 Å². The van der Waals surface area contributed by atoms with Gasteiger partial charge in [0, 0.05) is 6.42 Å². The number of esters is 1. The van der Waals surface area contributed by atoms with Crippen molar-refractivity contribution in [3.05, 3.63) is 56.7 Å². The number of H-pyrrole nitrogens is 1. The van der Waals surface area contributed by atoms with Gasteiger partial charge in [0.2, 0.25) is 4.77 Å². The zero-order valence-corrected chi connectivity index (χ0v) is 15.8. The Hall–Kier alpha value is -2.78. The highest BCUT2D eigenvalue weighted by atomic mass is 32.1. The van der Waals surface area contributed by atoms with Crippen LogP contribution in [-0.4, -0.2) is 34.2 Å². The molecular formula is C17H16N4O3S2. The molecular weight excluding hydrogens is 372 g/mol. The number of nitrogens with one attached hydrogen (secondary N) is 1. The molecule has 134 valence electrons. The number of benzene rings is 1. The summed E-state index contributed by atoms with van der Waals surface area (Å²) in [4.78, 5) is 12.6. The van der Waals surface area contributed by atoms with Crippen LogP contribution in [0.2, 0.25) is 0 Å². The van der Waals surface area contributed by atoms with Crippen molar-refractivity contribution in [3.8, 4) is 11.5 Å². The summed E-state index contributed by atoms with van der Waals surface area (Å²) in [6.45, 7) is 1.97. The Labute approximate surface area is 158 Å². The minimum Gasteiger partial charge on any atom is -0.493 e. The van der Waals surface area contributed by atoms with Gasteiger partial charge in [0.15, 0.2) is 17.3 Å². The van der Waals surface area contributed by atoms with Gasteiger partial charge in [-0.05, 0) is 47.4 Å². The molecule has 0 fully saturated rings. The Kier molecular flexibility index (Phi) is 5.59. The van der Waals surface area contributed by atoms with Crippen molar-refractivity contribution in [3.63, 3.8) is 0 Å². The van der Waals surface area contributed by atoms with Crippen molar-refractivity contribution in [1.29, 1.82) is 0 Å². The van der Waals surface area contributed by atoms with E-state index in [0.717, 1.165) is 11.4 Å². The predicted octanol–water partition coefficient (Wildman–Crippen LogP) is 3.67. The van der Waals surface area contributed by atoms with Crippen LogP contribution in [0.1, 0.15) is 28.0 Å². The van der Waals surface area contributed by atoms with Gasteiger partial charge in [-0.1, -0.05) is 13.0 Å². The van der Waals surface area contributed by atoms with Gasteiger partial charge >= 0.3 is 5.97 Å². The number of hydrogen-bond donors (Lipinski definition) is 1. The Morgan fingerprint density at radius 2 is 2.27 bits per heavy atom. The van der Waals surface area contributed by atoms with E-state index in [1.165, 1.54) is 18.4 Å². The Balaban J connectivity index is 1.82. The number of aromatic nitrogens is 3. The maximum Gasteiger partial charge on any atom is 0.353 e. The van der Waals surface area contributed by atoms with Crippen molar-refractivity contribution in [2.45, 2.75) is 13.3 Å². The summed E-state index contributed by atoms with van der Waals surface area (Å²) < 4.78 is 12.7. The summed E-state index contributed by atoms with van der Waals surface area (Å²) >= 11 is 6.48. The maximum absolute atomic E-state index is 12.1. The SMILES string of the molecule is CCc1n[nH]c(=S)n1/N=C/c1ccc(OC(=O)c2cccs2)c(OC)c1. The molecule has 26 heavy (non-hydrogen) atoms. The lowest BCUT2D eigenvalue weighted by atomic mass is 10.2. The first kappa shape index (κ1) is 18.0. The first-order valence-corrected chi connectivity index (χ1v) is 9.05. The number of hydrogen-bond acceptors (Lipinski definition) is 7. The average molecular weight is 388 g/mol. The monoisotopic (exact) mass is 388 g/mol. The van der Waals surface area contributed by atoms with Crippen LogP contribution in [0.5, 0.6) is 11.5 Å². The van der Waals surface area contributed by atoms with E-state index in [1.807, 2.05) is 12.3 Å². The highest BCUT2D eigenvalue weighted by molar-refractivity contribution is 7.71. The van der Waals surface area contributed by atoms with Gasteiger partial charge in [0.25, 0.3) is 0 Å². The van der Waals surface area contributed by atoms with E-state index in [4.69, 9.17) is 21.7 Å². The topological polar surface area (TPSA) is 81.5 Å². The molecule has 1 aromatic carbocycles. The van der Waals surface area contributed by atoms with Crippen molar-refractivity contribution < 1.29 is 14.3 Å². The number of thiophene rings is 1. The van der Waals surface area contributed by atoms with Crippen molar-refractivity contribution >= 4 is 35.7 Å². The second-order valence-corrected chi connectivity index (χ2v) is 6.47. The third-order valence-electron chi connectivity index (χ3n) is 3.47. The second-order valence-electron chi connectivity index (χ2n) is 5.13. The molecule has 1 N–H and O–H groups in total. The average Bonchev–Trinajstić information content (AvgIpc) is 3.30. The van der Waals surface area contributed by atoms with Gasteiger partial charge in [0.05, 0.1) is 13.3 Å². The summed E-state index contributed by atoms with van der Waals surface area (Å²) in [5.41, 5.74) is 0.767. The number of carbonyl (C=O) groups excluding carboxylic acids is 1. The molecule has 0 aliphatic rings. The van der Waals surface area contributed by atoms with Crippen LogP contribution in [0.3, 0.4) is 0 Å². The van der Waals surface area contributed by atoms with Crippen molar-refractivity contribution in [2.75, 3.05) is 7.11 Å². The first-order chi connectivity index (χ1) is 12.6. The quantitative estimate of drug-likeness (QED) is 0.302. The van der Waals surface area contributed by atoms with E-state index in [2.05, 4.69) is 15.3 Å². The van der Waals surface area contributed by atoms with E-state index in [1.54, 1.807) is 41.2 Å². The van der Waals surface area contributed by atoms with Crippen LogP contribution in [0.4, 0.5) is 0 Å². The molecule has 0 spiro atoms. The minimum absolute atomic E-state index is 0.345. The van der Waals surface area contributed by atoms with Gasteiger partial charge in [0.1, 0.15) is 4.88 Å². The fourth-order valence-corrected chi connectivity index (χ4v) is 2.99. The summed E-state index contributed by atoms with van der Waals surface area (Å²) in [5, 5.41) is 13.0. The van der Waals surface area contributed by atoms with E-state index < -0.39 is 5.97 Å². The van der Waals surface area contributed by atoms with E-state index >= 15 is 0 Å². The second kappa shape index (κ2) is 8.07. The Morgan fingerprint density at radius 3 is 2.96 bits per heavy atom. The van der Waals surface area contributed by atoms with Crippen LogP contribution in [0.15, 0.2) is 40.8 Å². The number of nitrogens with zero attached hydrogens (tertiary/aromatic N) is 3. The Morgan fingerprint density at radius 1 is 1.42 bits per heavy atom. The molecule has 0 saturated carbocycles. The van der Waals surface area contributed by atoms with E-state index in [0.29, 0.717) is 27.6 Å². The number of aromatic amines is 1. The summed E-state index contributed by atoms with van der Waals surface area (Å²) in [6.07, 6.45) is 2.34. The highest BCUT2D eigenvalue weighted by Crippen LogP contribution is 2.28. The van der Waals surface area contributed by atoms with E-state index in [9.17, 15) is 4.79 Å².